The van der Waals surface area contributed by atoms with Gasteiger partial charge in [-0.15, -0.1) is 4.52 Å². The third-order valence-corrected chi connectivity index (χ3v) is 3.64. The topological polar surface area (TPSA) is 43.4 Å². The smallest absolute Gasteiger partial charge is 0.294 e. The Bertz CT molecular complexity index is 258. The number of rotatable bonds is 4. The summed E-state index contributed by atoms with van der Waals surface area (Å²) in [6, 6.07) is 0. The molecule has 1 unspecified atom stereocenters. The average Bonchev–Trinajstić information content (AvgIpc) is 2.17. The molecule has 1 fully saturated rings. The molecule has 0 aromatic heterocycles. The lowest BCUT2D eigenvalue weighted by Crippen LogP contribution is -2.29. The number of carbonyl (C=O) groups excluding carboxylic acids is 1. The molecule has 1 saturated carbocycles. The molecule has 0 aromatic rings. The SMILES string of the molecule is CO[P+](=O)CC(=O)C1CCC(F)(F)CC1. The molecule has 0 spiro atoms. The van der Waals surface area contributed by atoms with E-state index in [0.29, 0.717) is 0 Å². The molecular weight excluding hydrogens is 225 g/mol. The van der Waals surface area contributed by atoms with E-state index in [1.54, 1.807) is 0 Å². The van der Waals surface area contributed by atoms with Crippen LogP contribution in [0.1, 0.15) is 25.7 Å². The molecule has 1 rings (SSSR count). The van der Waals surface area contributed by atoms with Crippen molar-refractivity contribution in [1.82, 2.24) is 0 Å². The molecule has 0 aromatic carbocycles. The number of hydrogen-bond donors (Lipinski definition) is 0. The summed E-state index contributed by atoms with van der Waals surface area (Å²) in [4.78, 5) is 11.5. The van der Waals surface area contributed by atoms with Crippen LogP contribution in [0.25, 0.3) is 0 Å². The Labute approximate surface area is 88.1 Å². The molecule has 6 heteroatoms. The minimum absolute atomic E-state index is 0.151. The third kappa shape index (κ3) is 3.92. The normalized spacial score (nSPS) is 22.5. The summed E-state index contributed by atoms with van der Waals surface area (Å²) in [5, 5.41) is 0. The number of Topliss-reactive ketones (excluding diaryl/α,β-unsaturated/α-hetero) is 1. The monoisotopic (exact) mass is 239 g/mol. The second-order valence-electron chi connectivity index (χ2n) is 3.77. The van der Waals surface area contributed by atoms with E-state index in [9.17, 15) is 18.1 Å². The summed E-state index contributed by atoms with van der Waals surface area (Å²) in [6.07, 6.45) is -0.250. The van der Waals surface area contributed by atoms with Gasteiger partial charge in [0.15, 0.2) is 5.78 Å². The molecular formula is C9H14F2O3P+. The first-order valence-electron chi connectivity index (χ1n) is 4.84. The predicted octanol–water partition coefficient (Wildman–Crippen LogP) is 2.77. The summed E-state index contributed by atoms with van der Waals surface area (Å²) >= 11 is 0. The molecule has 0 N–H and O–H groups in total. The Hall–Kier alpha value is -0.410. The van der Waals surface area contributed by atoms with Crippen molar-refractivity contribution >= 4 is 13.8 Å². The predicted molar refractivity (Wildman–Crippen MR) is 51.4 cm³/mol. The van der Waals surface area contributed by atoms with Crippen LogP contribution in [0.3, 0.4) is 0 Å². The van der Waals surface area contributed by atoms with Gasteiger partial charge in [0, 0.05) is 18.8 Å². The van der Waals surface area contributed by atoms with Crippen molar-refractivity contribution in [3.05, 3.63) is 0 Å². The van der Waals surface area contributed by atoms with Crippen molar-refractivity contribution < 1.29 is 22.7 Å². The highest BCUT2D eigenvalue weighted by Crippen LogP contribution is 2.37. The summed E-state index contributed by atoms with van der Waals surface area (Å²) < 4.78 is 41.0. The van der Waals surface area contributed by atoms with E-state index in [1.165, 1.54) is 7.11 Å². The van der Waals surface area contributed by atoms with Crippen LogP contribution in [0.15, 0.2) is 0 Å². The van der Waals surface area contributed by atoms with Crippen molar-refractivity contribution in [2.45, 2.75) is 31.6 Å². The number of hydrogen-bond acceptors (Lipinski definition) is 3. The molecule has 1 atom stereocenters. The Morgan fingerprint density at radius 3 is 2.47 bits per heavy atom. The fourth-order valence-electron chi connectivity index (χ4n) is 1.68. The van der Waals surface area contributed by atoms with Crippen molar-refractivity contribution in [3.63, 3.8) is 0 Å². The van der Waals surface area contributed by atoms with Crippen LogP contribution in [0.5, 0.6) is 0 Å². The molecule has 0 radical (unpaired) electrons. The first-order valence-corrected chi connectivity index (χ1v) is 6.20. The molecule has 3 nitrogen and oxygen atoms in total. The minimum atomic E-state index is -2.62. The van der Waals surface area contributed by atoms with Crippen LogP contribution in [-0.2, 0) is 13.9 Å². The summed E-state index contributed by atoms with van der Waals surface area (Å²) in [5.41, 5.74) is 0. The zero-order valence-corrected chi connectivity index (χ0v) is 9.44. The van der Waals surface area contributed by atoms with E-state index in [4.69, 9.17) is 0 Å². The van der Waals surface area contributed by atoms with E-state index < -0.39 is 14.0 Å². The van der Waals surface area contributed by atoms with Gasteiger partial charge in [-0.2, -0.15) is 0 Å². The number of ketones is 1. The van der Waals surface area contributed by atoms with E-state index in [0.717, 1.165) is 0 Å². The fourth-order valence-corrected chi connectivity index (χ4v) is 2.32. The molecule has 0 saturated heterocycles. The minimum Gasteiger partial charge on any atom is -0.294 e. The molecule has 0 heterocycles. The second-order valence-corrected chi connectivity index (χ2v) is 5.12. The zero-order chi connectivity index (χ0) is 11.5. The lowest BCUT2D eigenvalue weighted by atomic mass is 9.84. The second kappa shape index (κ2) is 5.08. The summed E-state index contributed by atoms with van der Waals surface area (Å²) in [7, 11) is -0.689. The van der Waals surface area contributed by atoms with E-state index >= 15 is 0 Å². The van der Waals surface area contributed by atoms with E-state index in [2.05, 4.69) is 4.52 Å². The van der Waals surface area contributed by atoms with Gasteiger partial charge in [-0.1, -0.05) is 0 Å². The van der Waals surface area contributed by atoms with Gasteiger partial charge in [0.1, 0.15) is 0 Å². The van der Waals surface area contributed by atoms with Gasteiger partial charge in [-0.05, 0) is 17.4 Å². The van der Waals surface area contributed by atoms with Crippen LogP contribution in [0.4, 0.5) is 8.78 Å². The quantitative estimate of drug-likeness (QED) is 0.708. The maximum Gasteiger partial charge on any atom is 0.515 e. The van der Waals surface area contributed by atoms with Gasteiger partial charge in [0.25, 0.3) is 0 Å². The lowest BCUT2D eigenvalue weighted by molar-refractivity contribution is -0.124. The molecule has 15 heavy (non-hydrogen) atoms. The Morgan fingerprint density at radius 2 is 2.00 bits per heavy atom. The van der Waals surface area contributed by atoms with Gasteiger partial charge in [0.05, 0.1) is 7.11 Å². The van der Waals surface area contributed by atoms with Crippen molar-refractivity contribution in [1.29, 1.82) is 0 Å². The maximum atomic E-state index is 12.8. The van der Waals surface area contributed by atoms with Crippen LogP contribution in [-0.4, -0.2) is 25.0 Å². The highest BCUT2D eigenvalue weighted by Gasteiger charge is 2.39. The van der Waals surface area contributed by atoms with Crippen molar-refractivity contribution in [2.24, 2.45) is 5.92 Å². The highest BCUT2D eigenvalue weighted by atomic mass is 31.1. The first kappa shape index (κ1) is 12.7. The zero-order valence-electron chi connectivity index (χ0n) is 8.54. The molecule has 0 bridgehead atoms. The van der Waals surface area contributed by atoms with Crippen molar-refractivity contribution in [3.8, 4) is 0 Å². The Kier molecular flexibility index (Phi) is 4.29. The van der Waals surface area contributed by atoms with E-state index in [1.807, 2.05) is 0 Å². The standard InChI is InChI=1S/C9H14F2O3P/c1-14-15(13)6-8(12)7-2-4-9(10,11)5-3-7/h7H,2-6H2,1H3/q+1. The molecule has 1 aliphatic carbocycles. The van der Waals surface area contributed by atoms with Crippen LogP contribution < -0.4 is 0 Å². The Morgan fingerprint density at radius 1 is 1.47 bits per heavy atom. The molecule has 0 aliphatic heterocycles. The summed E-state index contributed by atoms with van der Waals surface area (Å²) in [6.45, 7) is 0. The van der Waals surface area contributed by atoms with Gasteiger partial charge in [0.2, 0.25) is 12.1 Å². The van der Waals surface area contributed by atoms with Gasteiger partial charge in [-0.25, -0.2) is 8.78 Å². The average molecular weight is 239 g/mol. The Balaban J connectivity index is 2.40. The lowest BCUT2D eigenvalue weighted by Gasteiger charge is -2.26. The van der Waals surface area contributed by atoms with Crippen LogP contribution in [0.2, 0.25) is 0 Å². The van der Waals surface area contributed by atoms with Gasteiger partial charge < -0.3 is 0 Å². The third-order valence-electron chi connectivity index (χ3n) is 2.66. The van der Waals surface area contributed by atoms with E-state index in [-0.39, 0.29) is 43.5 Å². The van der Waals surface area contributed by atoms with Gasteiger partial charge >= 0.3 is 8.03 Å². The molecule has 86 valence electrons. The maximum absolute atomic E-state index is 12.8. The van der Waals surface area contributed by atoms with Gasteiger partial charge in [-0.3, -0.25) is 4.79 Å². The largest absolute Gasteiger partial charge is 0.515 e. The summed E-state index contributed by atoms with van der Waals surface area (Å²) in [5.74, 6) is -3.20. The molecule has 0 amide bonds. The van der Waals surface area contributed by atoms with Crippen LogP contribution in [0, 0.1) is 5.92 Å². The van der Waals surface area contributed by atoms with Crippen molar-refractivity contribution in [2.75, 3.05) is 13.3 Å². The fraction of sp³-hybridized carbons (Fsp3) is 0.889. The first-order chi connectivity index (χ1) is 6.94. The highest BCUT2D eigenvalue weighted by molar-refractivity contribution is 7.40. The molecule has 1 aliphatic rings. The number of carbonyl (C=O) groups is 1. The number of halogens is 2. The number of alkyl halides is 2. The van der Waals surface area contributed by atoms with Crippen LogP contribution >= 0.6 is 8.03 Å².